The lowest BCUT2D eigenvalue weighted by atomic mass is 9.73. The van der Waals surface area contributed by atoms with Crippen LogP contribution in [0.4, 0.5) is 4.39 Å². The molecule has 0 aliphatic carbocycles. The zero-order valence-corrected chi connectivity index (χ0v) is 10.1. The lowest BCUT2D eigenvalue weighted by molar-refractivity contribution is -0.0456. The minimum Gasteiger partial charge on any atom is -0.389 e. The van der Waals surface area contributed by atoms with Crippen LogP contribution >= 0.6 is 0 Å². The molecule has 1 rings (SSSR count). The third-order valence-electron chi connectivity index (χ3n) is 3.41. The lowest BCUT2D eigenvalue weighted by Crippen LogP contribution is -2.48. The van der Waals surface area contributed by atoms with Crippen LogP contribution in [0.2, 0.25) is 0 Å². The van der Waals surface area contributed by atoms with Gasteiger partial charge in [0.05, 0.1) is 5.60 Å². The molecule has 0 aliphatic rings. The predicted octanol–water partition coefficient (Wildman–Crippen LogP) is 2.10. The maximum atomic E-state index is 13.0. The fraction of sp³-hybridized carbons (Fsp3) is 0.538. The monoisotopic (exact) mass is 225 g/mol. The Balaban J connectivity index is 2.88. The molecule has 0 radical (unpaired) electrons. The molecule has 2 nitrogen and oxygen atoms in total. The molecule has 0 saturated carbocycles. The van der Waals surface area contributed by atoms with Crippen LogP contribution in [0, 0.1) is 11.2 Å². The van der Waals surface area contributed by atoms with Crippen LogP contribution in [0.3, 0.4) is 0 Å². The molecule has 0 amide bonds. The Morgan fingerprint density at radius 2 is 1.94 bits per heavy atom. The van der Waals surface area contributed by atoms with Crippen molar-refractivity contribution in [2.24, 2.45) is 11.1 Å². The summed E-state index contributed by atoms with van der Waals surface area (Å²) in [6.45, 7) is 5.94. The Labute approximate surface area is 96.3 Å². The molecule has 1 aromatic rings. The van der Waals surface area contributed by atoms with Gasteiger partial charge >= 0.3 is 0 Å². The summed E-state index contributed by atoms with van der Waals surface area (Å²) >= 11 is 0. The average Bonchev–Trinajstić information content (AvgIpc) is 2.16. The Morgan fingerprint density at radius 3 is 2.44 bits per heavy atom. The summed E-state index contributed by atoms with van der Waals surface area (Å²) in [5.74, 6) is -0.279. The van der Waals surface area contributed by atoms with Gasteiger partial charge in [-0.05, 0) is 24.6 Å². The largest absolute Gasteiger partial charge is 0.389 e. The van der Waals surface area contributed by atoms with Gasteiger partial charge in [-0.2, -0.15) is 0 Å². The highest BCUT2D eigenvalue weighted by atomic mass is 19.1. The Hall–Kier alpha value is -0.930. The molecule has 1 atom stereocenters. The molecule has 0 aliphatic heterocycles. The second-order valence-electron chi connectivity index (χ2n) is 5.17. The van der Waals surface area contributed by atoms with Crippen molar-refractivity contribution in [2.75, 3.05) is 6.54 Å². The standard InChI is InChI=1S/C13H20FNO/c1-12(2,9-15)13(3,16)8-10-5-4-6-11(14)7-10/h4-7,16H,8-9,15H2,1-3H3. The summed E-state index contributed by atoms with van der Waals surface area (Å²) in [5, 5.41) is 10.4. The molecule has 3 N–H and O–H groups in total. The summed E-state index contributed by atoms with van der Waals surface area (Å²) < 4.78 is 13.0. The van der Waals surface area contributed by atoms with Crippen LogP contribution in [0.25, 0.3) is 0 Å². The van der Waals surface area contributed by atoms with Gasteiger partial charge < -0.3 is 10.8 Å². The van der Waals surface area contributed by atoms with E-state index in [2.05, 4.69) is 0 Å². The van der Waals surface area contributed by atoms with Crippen molar-refractivity contribution in [3.63, 3.8) is 0 Å². The van der Waals surface area contributed by atoms with Crippen LogP contribution in [-0.2, 0) is 6.42 Å². The van der Waals surface area contributed by atoms with Crippen molar-refractivity contribution in [2.45, 2.75) is 32.8 Å². The molecule has 0 bridgehead atoms. The lowest BCUT2D eigenvalue weighted by Gasteiger charge is -2.39. The van der Waals surface area contributed by atoms with E-state index in [1.165, 1.54) is 12.1 Å². The fourth-order valence-electron chi connectivity index (χ4n) is 1.50. The van der Waals surface area contributed by atoms with Crippen molar-refractivity contribution in [1.82, 2.24) is 0 Å². The van der Waals surface area contributed by atoms with E-state index in [1.54, 1.807) is 13.0 Å². The molecule has 3 heteroatoms. The van der Waals surface area contributed by atoms with Gasteiger partial charge in [0.2, 0.25) is 0 Å². The van der Waals surface area contributed by atoms with E-state index in [-0.39, 0.29) is 5.82 Å². The first-order valence-electron chi connectivity index (χ1n) is 5.45. The number of hydrogen-bond acceptors (Lipinski definition) is 2. The van der Waals surface area contributed by atoms with Gasteiger partial charge in [0, 0.05) is 18.4 Å². The molecule has 0 aromatic heterocycles. The first-order valence-corrected chi connectivity index (χ1v) is 5.45. The van der Waals surface area contributed by atoms with Crippen molar-refractivity contribution in [3.8, 4) is 0 Å². The number of hydrogen-bond donors (Lipinski definition) is 2. The second kappa shape index (κ2) is 4.52. The topological polar surface area (TPSA) is 46.2 Å². The van der Waals surface area contributed by atoms with Gasteiger partial charge in [0.15, 0.2) is 0 Å². The van der Waals surface area contributed by atoms with E-state index >= 15 is 0 Å². The van der Waals surface area contributed by atoms with E-state index < -0.39 is 11.0 Å². The molecule has 0 heterocycles. The predicted molar refractivity (Wildman–Crippen MR) is 63.6 cm³/mol. The number of benzene rings is 1. The summed E-state index contributed by atoms with van der Waals surface area (Å²) in [6, 6.07) is 6.30. The van der Waals surface area contributed by atoms with E-state index in [0.717, 1.165) is 5.56 Å². The van der Waals surface area contributed by atoms with Crippen LogP contribution in [0.1, 0.15) is 26.3 Å². The summed E-state index contributed by atoms with van der Waals surface area (Å²) in [7, 11) is 0. The van der Waals surface area contributed by atoms with Crippen molar-refractivity contribution >= 4 is 0 Å². The molecular formula is C13H20FNO. The quantitative estimate of drug-likeness (QED) is 0.824. The maximum absolute atomic E-state index is 13.0. The zero-order chi connectivity index (χ0) is 12.4. The SMILES string of the molecule is CC(C)(CN)C(C)(O)Cc1cccc(F)c1. The summed E-state index contributed by atoms with van der Waals surface area (Å²) in [6.07, 6.45) is 0.398. The summed E-state index contributed by atoms with van der Waals surface area (Å²) in [4.78, 5) is 0. The first kappa shape index (κ1) is 13.1. The van der Waals surface area contributed by atoms with Crippen molar-refractivity contribution in [3.05, 3.63) is 35.6 Å². The molecule has 0 spiro atoms. The van der Waals surface area contributed by atoms with Crippen LogP contribution in [-0.4, -0.2) is 17.3 Å². The summed E-state index contributed by atoms with van der Waals surface area (Å²) in [5.41, 5.74) is 5.07. The highest BCUT2D eigenvalue weighted by molar-refractivity contribution is 5.19. The minimum atomic E-state index is -0.949. The average molecular weight is 225 g/mol. The van der Waals surface area contributed by atoms with Crippen LogP contribution < -0.4 is 5.73 Å². The molecule has 16 heavy (non-hydrogen) atoms. The second-order valence-corrected chi connectivity index (χ2v) is 5.17. The molecular weight excluding hydrogens is 205 g/mol. The minimum absolute atomic E-state index is 0.279. The fourth-order valence-corrected chi connectivity index (χ4v) is 1.50. The molecule has 90 valence electrons. The highest BCUT2D eigenvalue weighted by Gasteiger charge is 2.38. The van der Waals surface area contributed by atoms with Crippen molar-refractivity contribution in [1.29, 1.82) is 0 Å². The van der Waals surface area contributed by atoms with Gasteiger partial charge in [-0.15, -0.1) is 0 Å². The number of halogens is 1. The van der Waals surface area contributed by atoms with Gasteiger partial charge in [-0.1, -0.05) is 26.0 Å². The normalized spacial score (nSPS) is 15.9. The first-order chi connectivity index (χ1) is 7.28. The highest BCUT2D eigenvalue weighted by Crippen LogP contribution is 2.32. The zero-order valence-electron chi connectivity index (χ0n) is 10.1. The molecule has 1 unspecified atom stereocenters. The third kappa shape index (κ3) is 2.80. The Bertz CT molecular complexity index is 361. The maximum Gasteiger partial charge on any atom is 0.123 e. The number of aliphatic hydroxyl groups is 1. The Kier molecular flexibility index (Phi) is 3.71. The van der Waals surface area contributed by atoms with Crippen LogP contribution in [0.5, 0.6) is 0 Å². The molecule has 0 saturated heterocycles. The van der Waals surface area contributed by atoms with Gasteiger partial charge in [-0.25, -0.2) is 4.39 Å². The van der Waals surface area contributed by atoms with Gasteiger partial charge in [0.1, 0.15) is 5.82 Å². The smallest absolute Gasteiger partial charge is 0.123 e. The number of nitrogens with two attached hydrogens (primary N) is 1. The molecule has 1 aromatic carbocycles. The van der Waals surface area contributed by atoms with Gasteiger partial charge in [0.25, 0.3) is 0 Å². The third-order valence-corrected chi connectivity index (χ3v) is 3.41. The number of rotatable bonds is 4. The van der Waals surface area contributed by atoms with Crippen LogP contribution in [0.15, 0.2) is 24.3 Å². The van der Waals surface area contributed by atoms with E-state index in [1.807, 2.05) is 19.9 Å². The van der Waals surface area contributed by atoms with Gasteiger partial charge in [-0.3, -0.25) is 0 Å². The van der Waals surface area contributed by atoms with E-state index in [4.69, 9.17) is 5.73 Å². The van der Waals surface area contributed by atoms with Crippen molar-refractivity contribution < 1.29 is 9.50 Å². The van der Waals surface area contributed by atoms with E-state index in [9.17, 15) is 9.50 Å². The Morgan fingerprint density at radius 1 is 1.31 bits per heavy atom. The van der Waals surface area contributed by atoms with E-state index in [0.29, 0.717) is 13.0 Å². The molecule has 0 fully saturated rings.